The van der Waals surface area contributed by atoms with E-state index >= 15 is 0 Å². The minimum atomic E-state index is 0. The first-order valence-corrected chi connectivity index (χ1v) is 7.44. The van der Waals surface area contributed by atoms with Gasteiger partial charge in [0, 0.05) is 36.3 Å². The molecule has 20 heavy (non-hydrogen) atoms. The van der Waals surface area contributed by atoms with E-state index in [4.69, 9.17) is 0 Å². The Balaban J connectivity index is 0.00000147. The lowest BCUT2D eigenvalue weighted by Gasteiger charge is -2.24. The molecule has 3 heterocycles. The summed E-state index contributed by atoms with van der Waals surface area (Å²) in [4.78, 5) is 2.60. The fourth-order valence-corrected chi connectivity index (χ4v) is 3.63. The smallest absolute Gasteiger partial charge is 0.0535 e. The Morgan fingerprint density at radius 1 is 1.35 bits per heavy atom. The number of H-pyrrole nitrogens is 1. The van der Waals surface area contributed by atoms with Gasteiger partial charge in [-0.25, -0.2) is 0 Å². The molecule has 0 saturated carbocycles. The number of aromatic nitrogens is 2. The van der Waals surface area contributed by atoms with E-state index in [-0.39, 0.29) is 17.8 Å². The third-order valence-electron chi connectivity index (χ3n) is 4.71. The van der Waals surface area contributed by atoms with Gasteiger partial charge in [0.1, 0.15) is 0 Å². The number of nitrogens with one attached hydrogen (secondary N) is 2. The maximum Gasteiger partial charge on any atom is 0.0535 e. The van der Waals surface area contributed by atoms with Gasteiger partial charge in [-0.2, -0.15) is 5.10 Å². The Bertz CT molecular complexity index is 443. The standard InChI is InChI=1S/C15H26N4.ClH/c1-14(2,3)13-12(8-17-18-13)9-19-7-5-15(11-19)4-6-16-10-15;/h8,16H,4-7,9-11H2,1-3H3,(H,17,18);1H. The van der Waals surface area contributed by atoms with Crippen molar-refractivity contribution >= 4 is 12.4 Å². The Kier molecular flexibility index (Phi) is 4.47. The number of nitrogens with zero attached hydrogens (tertiary/aromatic N) is 2. The minimum absolute atomic E-state index is 0. The molecule has 1 aromatic rings. The molecule has 0 radical (unpaired) electrons. The van der Waals surface area contributed by atoms with Crippen molar-refractivity contribution in [2.45, 2.75) is 45.6 Å². The summed E-state index contributed by atoms with van der Waals surface area (Å²) in [5.74, 6) is 0. The van der Waals surface area contributed by atoms with Crippen LogP contribution in [0.3, 0.4) is 0 Å². The van der Waals surface area contributed by atoms with Crippen LogP contribution in [0.2, 0.25) is 0 Å². The number of halogens is 1. The summed E-state index contributed by atoms with van der Waals surface area (Å²) in [6, 6.07) is 0. The number of rotatable bonds is 2. The van der Waals surface area contributed by atoms with Crippen LogP contribution in [0.4, 0.5) is 0 Å². The van der Waals surface area contributed by atoms with Crippen molar-refractivity contribution in [2.75, 3.05) is 26.2 Å². The average molecular weight is 299 g/mol. The SMILES string of the molecule is CC(C)(C)c1[nH]ncc1CN1CCC2(CCNC2)C1.Cl. The molecule has 0 aromatic carbocycles. The van der Waals surface area contributed by atoms with E-state index in [1.807, 2.05) is 6.20 Å². The molecular weight excluding hydrogens is 272 g/mol. The van der Waals surface area contributed by atoms with Crippen LogP contribution >= 0.6 is 12.4 Å². The molecular formula is C15H27ClN4. The molecule has 0 bridgehead atoms. The van der Waals surface area contributed by atoms with E-state index in [9.17, 15) is 0 Å². The number of aromatic amines is 1. The number of hydrogen-bond acceptors (Lipinski definition) is 3. The van der Waals surface area contributed by atoms with Crippen LogP contribution in [-0.4, -0.2) is 41.3 Å². The largest absolute Gasteiger partial charge is 0.316 e. The third-order valence-corrected chi connectivity index (χ3v) is 4.71. The zero-order chi connectivity index (χ0) is 13.5. The highest BCUT2D eigenvalue weighted by Crippen LogP contribution is 2.37. The van der Waals surface area contributed by atoms with E-state index in [1.54, 1.807) is 0 Å². The lowest BCUT2D eigenvalue weighted by atomic mass is 9.86. The van der Waals surface area contributed by atoms with Crippen LogP contribution < -0.4 is 5.32 Å². The summed E-state index contributed by atoms with van der Waals surface area (Å²) in [6.07, 6.45) is 4.71. The van der Waals surface area contributed by atoms with E-state index in [1.165, 1.54) is 50.3 Å². The predicted molar refractivity (Wildman–Crippen MR) is 84.3 cm³/mol. The lowest BCUT2D eigenvalue weighted by Crippen LogP contribution is -2.29. The predicted octanol–water partition coefficient (Wildman–Crippen LogP) is 2.31. The first-order chi connectivity index (χ1) is 8.99. The van der Waals surface area contributed by atoms with Gasteiger partial charge in [-0.05, 0) is 31.3 Å². The first kappa shape index (κ1) is 15.8. The van der Waals surface area contributed by atoms with Crippen LogP contribution in [0.5, 0.6) is 0 Å². The molecule has 1 atom stereocenters. The van der Waals surface area contributed by atoms with Gasteiger partial charge in [0.25, 0.3) is 0 Å². The molecule has 2 aliphatic heterocycles. The monoisotopic (exact) mass is 298 g/mol. The van der Waals surface area contributed by atoms with E-state index < -0.39 is 0 Å². The van der Waals surface area contributed by atoms with Gasteiger partial charge < -0.3 is 5.32 Å². The summed E-state index contributed by atoms with van der Waals surface area (Å²) in [7, 11) is 0. The average Bonchev–Trinajstić information content (AvgIpc) is 3.01. The van der Waals surface area contributed by atoms with Gasteiger partial charge in [0.2, 0.25) is 0 Å². The van der Waals surface area contributed by atoms with Crippen molar-refractivity contribution in [1.82, 2.24) is 20.4 Å². The molecule has 2 N–H and O–H groups in total. The van der Waals surface area contributed by atoms with E-state index in [0.717, 1.165) is 6.54 Å². The molecule has 0 amide bonds. The van der Waals surface area contributed by atoms with Crippen LogP contribution in [0.15, 0.2) is 6.20 Å². The molecule has 1 unspecified atom stereocenters. The third kappa shape index (κ3) is 3.02. The summed E-state index contributed by atoms with van der Waals surface area (Å²) >= 11 is 0. The van der Waals surface area contributed by atoms with Gasteiger partial charge in [-0.1, -0.05) is 20.8 Å². The second kappa shape index (κ2) is 5.66. The second-order valence-corrected chi connectivity index (χ2v) is 7.41. The van der Waals surface area contributed by atoms with E-state index in [0.29, 0.717) is 5.41 Å². The molecule has 1 spiro atoms. The number of hydrogen-bond donors (Lipinski definition) is 2. The summed E-state index contributed by atoms with van der Waals surface area (Å²) in [6.45, 7) is 12.7. The van der Waals surface area contributed by atoms with E-state index in [2.05, 4.69) is 41.2 Å². The van der Waals surface area contributed by atoms with Crippen molar-refractivity contribution in [3.63, 3.8) is 0 Å². The highest BCUT2D eigenvalue weighted by molar-refractivity contribution is 5.85. The molecule has 4 nitrogen and oxygen atoms in total. The topological polar surface area (TPSA) is 44.0 Å². The fraction of sp³-hybridized carbons (Fsp3) is 0.800. The molecule has 1 aromatic heterocycles. The van der Waals surface area contributed by atoms with Gasteiger partial charge >= 0.3 is 0 Å². The van der Waals surface area contributed by atoms with Crippen molar-refractivity contribution in [1.29, 1.82) is 0 Å². The van der Waals surface area contributed by atoms with Gasteiger partial charge in [-0.15, -0.1) is 12.4 Å². The van der Waals surface area contributed by atoms with Gasteiger partial charge in [0.05, 0.1) is 6.20 Å². The highest BCUT2D eigenvalue weighted by atomic mass is 35.5. The maximum atomic E-state index is 4.26. The molecule has 0 aliphatic carbocycles. The molecule has 114 valence electrons. The summed E-state index contributed by atoms with van der Waals surface area (Å²) < 4.78 is 0. The minimum Gasteiger partial charge on any atom is -0.316 e. The van der Waals surface area contributed by atoms with Crippen molar-refractivity contribution in [3.05, 3.63) is 17.5 Å². The van der Waals surface area contributed by atoms with Crippen molar-refractivity contribution in [3.8, 4) is 0 Å². The zero-order valence-electron chi connectivity index (χ0n) is 12.8. The van der Waals surface area contributed by atoms with Crippen LogP contribution in [0.1, 0.15) is 44.9 Å². The van der Waals surface area contributed by atoms with Crippen molar-refractivity contribution in [2.24, 2.45) is 5.41 Å². The Morgan fingerprint density at radius 2 is 2.15 bits per heavy atom. The fourth-order valence-electron chi connectivity index (χ4n) is 3.63. The maximum absolute atomic E-state index is 4.26. The molecule has 2 aliphatic rings. The first-order valence-electron chi connectivity index (χ1n) is 7.44. The molecule has 5 heteroatoms. The molecule has 2 fully saturated rings. The quantitative estimate of drug-likeness (QED) is 0.881. The Morgan fingerprint density at radius 3 is 2.80 bits per heavy atom. The lowest BCUT2D eigenvalue weighted by molar-refractivity contribution is 0.267. The zero-order valence-corrected chi connectivity index (χ0v) is 13.6. The second-order valence-electron chi connectivity index (χ2n) is 7.41. The number of likely N-dealkylation sites (tertiary alicyclic amines) is 1. The van der Waals surface area contributed by atoms with Crippen LogP contribution in [0, 0.1) is 5.41 Å². The highest BCUT2D eigenvalue weighted by Gasteiger charge is 2.40. The summed E-state index contributed by atoms with van der Waals surface area (Å²) in [5.41, 5.74) is 3.37. The van der Waals surface area contributed by atoms with Crippen molar-refractivity contribution < 1.29 is 0 Å². The van der Waals surface area contributed by atoms with Crippen LogP contribution in [-0.2, 0) is 12.0 Å². The Hall–Kier alpha value is -0.580. The normalized spacial score (nSPS) is 27.1. The molecule has 2 saturated heterocycles. The summed E-state index contributed by atoms with van der Waals surface area (Å²) in [5, 5.41) is 11.0. The van der Waals surface area contributed by atoms with Gasteiger partial charge in [-0.3, -0.25) is 10.00 Å². The van der Waals surface area contributed by atoms with Crippen LogP contribution in [0.25, 0.3) is 0 Å². The Labute approximate surface area is 128 Å². The molecule has 3 rings (SSSR count). The van der Waals surface area contributed by atoms with Gasteiger partial charge in [0.15, 0.2) is 0 Å².